The van der Waals surface area contributed by atoms with E-state index in [0.717, 1.165) is 36.5 Å². The van der Waals surface area contributed by atoms with Gasteiger partial charge in [-0.1, -0.05) is 6.92 Å². The van der Waals surface area contributed by atoms with Gasteiger partial charge in [0.15, 0.2) is 0 Å². The van der Waals surface area contributed by atoms with Crippen LogP contribution in [0.3, 0.4) is 0 Å². The Balaban J connectivity index is 1.73. The zero-order valence-corrected chi connectivity index (χ0v) is 13.7. The summed E-state index contributed by atoms with van der Waals surface area (Å²) in [5, 5.41) is 7.17. The molecule has 122 valence electrons. The van der Waals surface area contributed by atoms with Crippen molar-refractivity contribution in [1.29, 1.82) is 0 Å². The van der Waals surface area contributed by atoms with Gasteiger partial charge in [-0.25, -0.2) is 0 Å². The van der Waals surface area contributed by atoms with Crippen LogP contribution in [-0.4, -0.2) is 40.7 Å². The van der Waals surface area contributed by atoms with Crippen molar-refractivity contribution in [2.45, 2.75) is 26.7 Å². The molecule has 1 fully saturated rings. The minimum Gasteiger partial charge on any atom is -0.494 e. The molecule has 1 amide bonds. The van der Waals surface area contributed by atoms with E-state index in [4.69, 9.17) is 4.74 Å². The Morgan fingerprint density at radius 3 is 2.87 bits per heavy atom. The average Bonchev–Trinajstić information content (AvgIpc) is 3.05. The highest BCUT2D eigenvalue weighted by Gasteiger charge is 2.23. The summed E-state index contributed by atoms with van der Waals surface area (Å²) in [4.78, 5) is 14.5. The number of aromatic amines is 1. The first-order valence-electron chi connectivity index (χ1n) is 8.25. The van der Waals surface area contributed by atoms with Crippen LogP contribution in [0.1, 0.15) is 37.2 Å². The molecule has 0 spiro atoms. The van der Waals surface area contributed by atoms with Gasteiger partial charge in [-0.2, -0.15) is 5.10 Å². The molecule has 2 aromatic rings. The van der Waals surface area contributed by atoms with Crippen LogP contribution < -0.4 is 4.74 Å². The van der Waals surface area contributed by atoms with Crippen LogP contribution in [0.25, 0.3) is 11.3 Å². The average molecular weight is 313 g/mol. The number of amides is 1. The van der Waals surface area contributed by atoms with E-state index in [9.17, 15) is 4.79 Å². The monoisotopic (exact) mass is 313 g/mol. The van der Waals surface area contributed by atoms with Gasteiger partial charge in [-0.3, -0.25) is 9.89 Å². The topological polar surface area (TPSA) is 58.2 Å². The van der Waals surface area contributed by atoms with E-state index in [0.29, 0.717) is 18.2 Å². The highest BCUT2D eigenvalue weighted by Crippen LogP contribution is 2.23. The van der Waals surface area contributed by atoms with Crippen molar-refractivity contribution in [3.05, 3.63) is 36.0 Å². The van der Waals surface area contributed by atoms with Gasteiger partial charge in [0, 0.05) is 18.7 Å². The molecule has 0 unspecified atom stereocenters. The van der Waals surface area contributed by atoms with Crippen molar-refractivity contribution in [3.8, 4) is 17.0 Å². The van der Waals surface area contributed by atoms with Crippen LogP contribution in [0.15, 0.2) is 30.3 Å². The second kappa shape index (κ2) is 6.86. The van der Waals surface area contributed by atoms with Crippen molar-refractivity contribution < 1.29 is 9.53 Å². The smallest absolute Gasteiger partial charge is 0.271 e. The van der Waals surface area contributed by atoms with Gasteiger partial charge in [0.2, 0.25) is 0 Å². The van der Waals surface area contributed by atoms with Gasteiger partial charge in [0.1, 0.15) is 11.4 Å². The van der Waals surface area contributed by atoms with Crippen LogP contribution in [-0.2, 0) is 0 Å². The highest BCUT2D eigenvalue weighted by molar-refractivity contribution is 5.93. The molecular weight excluding hydrogens is 290 g/mol. The zero-order valence-electron chi connectivity index (χ0n) is 13.7. The number of carbonyl (C=O) groups excluding carboxylic acids is 1. The van der Waals surface area contributed by atoms with Gasteiger partial charge in [-0.15, -0.1) is 0 Å². The molecule has 2 heterocycles. The molecule has 1 aliphatic heterocycles. The fourth-order valence-corrected chi connectivity index (χ4v) is 3.01. The maximum atomic E-state index is 12.6. The van der Waals surface area contributed by atoms with Crippen molar-refractivity contribution in [2.24, 2.45) is 5.92 Å². The van der Waals surface area contributed by atoms with Crippen LogP contribution in [0, 0.1) is 5.92 Å². The predicted octanol–water partition coefficient (Wildman–Crippen LogP) is 3.35. The molecule has 0 bridgehead atoms. The summed E-state index contributed by atoms with van der Waals surface area (Å²) >= 11 is 0. The predicted molar refractivity (Wildman–Crippen MR) is 89.5 cm³/mol. The van der Waals surface area contributed by atoms with E-state index < -0.39 is 0 Å². The Kier molecular flexibility index (Phi) is 4.65. The van der Waals surface area contributed by atoms with Crippen molar-refractivity contribution in [3.63, 3.8) is 0 Å². The molecule has 5 heteroatoms. The third kappa shape index (κ3) is 3.55. The van der Waals surface area contributed by atoms with Crippen LogP contribution in [0.5, 0.6) is 5.75 Å². The Labute approximate surface area is 136 Å². The van der Waals surface area contributed by atoms with Crippen LogP contribution in [0.4, 0.5) is 0 Å². The van der Waals surface area contributed by atoms with Gasteiger partial charge >= 0.3 is 0 Å². The summed E-state index contributed by atoms with van der Waals surface area (Å²) in [6.45, 7) is 6.46. The lowest BCUT2D eigenvalue weighted by atomic mass is 10.00. The molecule has 1 aliphatic rings. The number of carbonyl (C=O) groups is 1. The molecular formula is C18H23N3O2. The number of hydrogen-bond donors (Lipinski definition) is 1. The Bertz CT molecular complexity index is 663. The minimum atomic E-state index is 0.0428. The normalized spacial score (nSPS) is 18.0. The number of nitrogens with zero attached hydrogens (tertiary/aromatic N) is 2. The Hall–Kier alpha value is -2.30. The number of likely N-dealkylation sites (tertiary alicyclic amines) is 1. The maximum Gasteiger partial charge on any atom is 0.271 e. The fraction of sp³-hybridized carbons (Fsp3) is 0.444. The van der Waals surface area contributed by atoms with Gasteiger partial charge in [0.05, 0.1) is 12.3 Å². The van der Waals surface area contributed by atoms with E-state index >= 15 is 0 Å². The van der Waals surface area contributed by atoms with E-state index in [1.54, 1.807) is 0 Å². The Morgan fingerprint density at radius 2 is 2.17 bits per heavy atom. The second-order valence-electron chi connectivity index (χ2n) is 6.12. The fourth-order valence-electron chi connectivity index (χ4n) is 3.01. The van der Waals surface area contributed by atoms with Crippen molar-refractivity contribution in [2.75, 3.05) is 19.7 Å². The quantitative estimate of drug-likeness (QED) is 0.941. The second-order valence-corrected chi connectivity index (χ2v) is 6.12. The number of H-pyrrole nitrogens is 1. The van der Waals surface area contributed by atoms with Gasteiger partial charge in [0.25, 0.3) is 5.91 Å². The van der Waals surface area contributed by atoms with Crippen LogP contribution in [0.2, 0.25) is 0 Å². The summed E-state index contributed by atoms with van der Waals surface area (Å²) in [6, 6.07) is 9.58. The largest absolute Gasteiger partial charge is 0.494 e. The third-order valence-corrected chi connectivity index (χ3v) is 4.21. The van der Waals surface area contributed by atoms with E-state index in [-0.39, 0.29) is 5.91 Å². The summed E-state index contributed by atoms with van der Waals surface area (Å²) in [7, 11) is 0. The first-order valence-corrected chi connectivity index (χ1v) is 8.25. The summed E-state index contributed by atoms with van der Waals surface area (Å²) in [5.41, 5.74) is 2.31. The number of ether oxygens (including phenoxy) is 1. The standard InChI is InChI=1S/C18H23N3O2/c1-3-23-15-8-6-14(7-9-15)16-11-17(20-19-16)18(22)21-10-4-5-13(2)12-21/h6-9,11,13H,3-5,10,12H2,1-2H3,(H,19,20)/t13-/m0/s1. The lowest BCUT2D eigenvalue weighted by Gasteiger charge is -2.30. The molecule has 1 atom stereocenters. The molecule has 0 aliphatic carbocycles. The first-order chi connectivity index (χ1) is 11.2. The number of piperidine rings is 1. The molecule has 23 heavy (non-hydrogen) atoms. The Morgan fingerprint density at radius 1 is 1.39 bits per heavy atom. The van der Waals surface area contributed by atoms with E-state index in [2.05, 4.69) is 17.1 Å². The van der Waals surface area contributed by atoms with E-state index in [1.807, 2.05) is 42.2 Å². The summed E-state index contributed by atoms with van der Waals surface area (Å²) in [5.74, 6) is 1.45. The molecule has 1 saturated heterocycles. The lowest BCUT2D eigenvalue weighted by Crippen LogP contribution is -2.39. The van der Waals surface area contributed by atoms with E-state index in [1.165, 1.54) is 6.42 Å². The van der Waals surface area contributed by atoms with Gasteiger partial charge in [-0.05, 0) is 56.0 Å². The number of nitrogens with one attached hydrogen (secondary N) is 1. The minimum absolute atomic E-state index is 0.0428. The number of aromatic nitrogens is 2. The SMILES string of the molecule is CCOc1ccc(-c2cc(C(=O)N3CCC[C@H](C)C3)[nH]n2)cc1. The maximum absolute atomic E-state index is 12.6. The number of hydrogen-bond acceptors (Lipinski definition) is 3. The molecule has 1 aromatic carbocycles. The molecule has 1 aromatic heterocycles. The lowest BCUT2D eigenvalue weighted by molar-refractivity contribution is 0.0677. The molecule has 5 nitrogen and oxygen atoms in total. The number of rotatable bonds is 4. The molecule has 0 saturated carbocycles. The van der Waals surface area contributed by atoms with Crippen LogP contribution >= 0.6 is 0 Å². The summed E-state index contributed by atoms with van der Waals surface area (Å²) in [6.07, 6.45) is 2.27. The molecule has 1 N–H and O–H groups in total. The van der Waals surface area contributed by atoms with Crippen molar-refractivity contribution >= 4 is 5.91 Å². The number of benzene rings is 1. The molecule has 0 radical (unpaired) electrons. The third-order valence-electron chi connectivity index (χ3n) is 4.21. The molecule has 3 rings (SSSR count). The zero-order chi connectivity index (χ0) is 16.2. The summed E-state index contributed by atoms with van der Waals surface area (Å²) < 4.78 is 5.44. The highest BCUT2D eigenvalue weighted by atomic mass is 16.5. The van der Waals surface area contributed by atoms with Crippen molar-refractivity contribution in [1.82, 2.24) is 15.1 Å². The first kappa shape index (κ1) is 15.6. The van der Waals surface area contributed by atoms with Gasteiger partial charge < -0.3 is 9.64 Å².